The highest BCUT2D eigenvalue weighted by atomic mass is 19.1. The maximum atomic E-state index is 15.0. The number of halogens is 6. The Morgan fingerprint density at radius 1 is 0.473 bits per heavy atom. The number of aliphatic hydroxyl groups excluding tert-OH is 1. The highest BCUT2D eigenvalue weighted by molar-refractivity contribution is 6.41. The Bertz CT molecular complexity index is 4000. The molecule has 3 saturated heterocycles. The molecule has 3 fully saturated rings. The zero-order valence-electron chi connectivity index (χ0n) is 51.6. The molecule has 488 valence electrons. The summed E-state index contributed by atoms with van der Waals surface area (Å²) in [5, 5.41) is 12.1. The van der Waals surface area contributed by atoms with Gasteiger partial charge in [-0.2, -0.15) is 13.2 Å². The molecule has 0 atom stereocenters. The predicted octanol–water partition coefficient (Wildman–Crippen LogP) is 6.64. The number of ether oxygens (including phenoxy) is 2. The highest BCUT2D eigenvalue weighted by Crippen LogP contribution is 2.33. The summed E-state index contributed by atoms with van der Waals surface area (Å²) in [6.07, 6.45) is 0.0992. The maximum absolute atomic E-state index is 15.0. The second kappa shape index (κ2) is 30.2. The largest absolute Gasteiger partial charge is 0.464 e. The molecule has 0 saturated carbocycles. The van der Waals surface area contributed by atoms with Gasteiger partial charge in [0.05, 0.1) is 72.1 Å². The number of amides is 1. The van der Waals surface area contributed by atoms with E-state index < -0.39 is 41.5 Å². The van der Waals surface area contributed by atoms with Gasteiger partial charge in [-0.1, -0.05) is 18.2 Å². The number of nitrogens with two attached hydrogens (primary N) is 1. The van der Waals surface area contributed by atoms with Crippen molar-refractivity contribution in [2.45, 2.75) is 59.7 Å². The number of Topliss-reactive ketones (excluding diaryl/α,β-unsaturated/α-hetero) is 3. The minimum absolute atomic E-state index is 0.0103. The molecule has 12 rings (SSSR count). The number of piperazine rings is 3. The minimum atomic E-state index is -0.778. The number of ketones is 3. The number of anilines is 3. The molecule has 0 spiro atoms. The lowest BCUT2D eigenvalue weighted by Gasteiger charge is -2.36. The molecule has 0 aliphatic carbocycles. The zero-order chi connectivity index (χ0) is 66.8. The average molecular weight is 1290 g/mol. The molecule has 0 unspecified atom stereocenters. The van der Waals surface area contributed by atoms with Crippen molar-refractivity contribution in [2.24, 2.45) is 20.7 Å². The Balaban J connectivity index is 0.000000153. The van der Waals surface area contributed by atoms with Crippen LogP contribution in [-0.4, -0.2) is 175 Å². The van der Waals surface area contributed by atoms with Crippen molar-refractivity contribution < 1.29 is 69.7 Å². The number of methoxy groups -OCH3 is 2. The first-order chi connectivity index (χ1) is 44.5. The second-order valence-electron chi connectivity index (χ2n) is 22.3. The number of rotatable bonds is 11. The highest BCUT2D eigenvalue weighted by Gasteiger charge is 2.29. The lowest BCUT2D eigenvalue weighted by atomic mass is 9.97. The summed E-state index contributed by atoms with van der Waals surface area (Å²) < 4.78 is 95.0. The topological polar surface area (TPSA) is 271 Å². The second-order valence-corrected chi connectivity index (χ2v) is 22.3. The van der Waals surface area contributed by atoms with Gasteiger partial charge < -0.3 is 40.3 Å². The Hall–Kier alpha value is -9.64. The van der Waals surface area contributed by atoms with Gasteiger partial charge in [0.25, 0.3) is 5.91 Å². The number of aromatic nitrogens is 3. The van der Waals surface area contributed by atoms with E-state index in [4.69, 9.17) is 10.8 Å². The van der Waals surface area contributed by atoms with Crippen molar-refractivity contribution >= 4 is 86.5 Å². The lowest BCUT2D eigenvalue weighted by Crippen LogP contribution is -2.46. The first kappa shape index (κ1) is 67.7. The van der Waals surface area contributed by atoms with Crippen molar-refractivity contribution in [1.29, 1.82) is 0 Å². The molecular weight excluding hydrogens is 1220 g/mol. The van der Waals surface area contributed by atoms with E-state index in [0.29, 0.717) is 139 Å². The van der Waals surface area contributed by atoms with E-state index in [9.17, 15) is 55.1 Å². The molecule has 0 bridgehead atoms. The van der Waals surface area contributed by atoms with Gasteiger partial charge in [0.15, 0.2) is 28.7 Å². The number of primary amides is 1. The van der Waals surface area contributed by atoms with Crippen LogP contribution in [0.2, 0.25) is 0 Å². The van der Waals surface area contributed by atoms with Crippen LogP contribution < -0.4 is 25.8 Å². The van der Waals surface area contributed by atoms with E-state index >= 15 is 0 Å². The van der Waals surface area contributed by atoms with Gasteiger partial charge in [0, 0.05) is 144 Å². The Morgan fingerprint density at radius 3 is 1.13 bits per heavy atom. The van der Waals surface area contributed by atoms with Gasteiger partial charge in [-0.15, -0.1) is 0 Å². The molecule has 0 radical (unpaired) electrons. The number of carbonyl (C=O) groups excluding carboxylic acids is 6. The van der Waals surface area contributed by atoms with E-state index in [0.717, 1.165) is 26.2 Å². The molecule has 22 nitrogen and oxygen atoms in total. The summed E-state index contributed by atoms with van der Waals surface area (Å²) in [6.45, 7) is 12.9. The number of fused-ring (bicyclic) bond motifs is 3. The summed E-state index contributed by atoms with van der Waals surface area (Å²) in [7, 11) is 2.46. The van der Waals surface area contributed by atoms with Gasteiger partial charge in [0.1, 0.15) is 23.1 Å². The molecule has 1 amide bonds. The third-order valence-electron chi connectivity index (χ3n) is 16.4. The minimum Gasteiger partial charge on any atom is -0.464 e. The third-order valence-corrected chi connectivity index (χ3v) is 16.4. The van der Waals surface area contributed by atoms with Gasteiger partial charge in [-0.05, 0) is 75.4 Å². The van der Waals surface area contributed by atoms with Crippen LogP contribution in [0.5, 0.6) is 0 Å². The van der Waals surface area contributed by atoms with Crippen LogP contribution in [0.4, 0.5) is 60.5 Å². The SMILES string of the molecule is CC1=Nc2ccc(CN3CCN(c4ccc(C(N)=O)nc4F)CC3)c(F)c2CC1=O.CC1=Nc2ccc(CO)c(F)c2CC1=O.COC(=O)c1ccc(N2CCN(Cc3ccc4c(c3F)CC(=O)C(C)=N4)CC2)c(F)n1.COC(=O)c1ccc(N2CCNCC2)c(F)n1. The molecule has 4 N–H and O–H groups in total. The number of hydrogen-bond acceptors (Lipinski definition) is 21. The standard InChI is InChI=1S/C22H22F2N4O3.C21H21F2N5O2.C11H14FN3O2.C11H10FNO2/c1-13-19(29)11-15-16(25-13)4-3-14(20(15)23)12-27-7-9-28(10-8-27)18-6-5-17(22(30)31-2)26-21(18)24;1-12-18(29)10-14-15(25-12)3-2-13(19(14)22)11-27-6-8-28(9-7-27)17-5-4-16(21(24)30)26-20(17)23;1-17-11(16)8-2-3-9(10(12)14-8)15-6-4-13-5-7-15;1-6-10(15)4-8-9(13-6)3-2-7(5-14)11(8)12/h3-6H,7-12H2,1-2H3;2-5H,6-11H2,1H3,(H2,24,30);2-3,13H,4-7H2,1H3;2-3,14H,4-5H2,1H3. The number of benzene rings is 3. The van der Waals surface area contributed by atoms with Gasteiger partial charge in [0.2, 0.25) is 17.8 Å². The third kappa shape index (κ3) is 16.0. The quantitative estimate of drug-likeness (QED) is 0.0697. The van der Waals surface area contributed by atoms with E-state index in [2.05, 4.69) is 54.5 Å². The average Bonchev–Trinajstić information content (AvgIpc) is 1.00. The molecule has 6 aliphatic rings. The fourth-order valence-corrected chi connectivity index (χ4v) is 11.0. The molecule has 3 aromatic carbocycles. The summed E-state index contributed by atoms with van der Waals surface area (Å²) in [5.74, 6) is -5.95. The summed E-state index contributed by atoms with van der Waals surface area (Å²) in [6, 6.07) is 18.9. The summed E-state index contributed by atoms with van der Waals surface area (Å²) in [4.78, 5) is 102. The van der Waals surface area contributed by atoms with Crippen LogP contribution in [0.1, 0.15) is 85.6 Å². The van der Waals surface area contributed by atoms with E-state index in [1.807, 2.05) is 14.7 Å². The fraction of sp³-hybridized carbons (Fsp3) is 0.354. The Kier molecular flexibility index (Phi) is 22.0. The van der Waals surface area contributed by atoms with Crippen molar-refractivity contribution in [2.75, 3.05) is 107 Å². The van der Waals surface area contributed by atoms with Crippen LogP contribution in [0.3, 0.4) is 0 Å². The van der Waals surface area contributed by atoms with Gasteiger partial charge in [-0.3, -0.25) is 29.0 Å². The van der Waals surface area contributed by atoms with Crippen LogP contribution in [0.25, 0.3) is 0 Å². The van der Waals surface area contributed by atoms with Crippen molar-refractivity contribution in [3.63, 3.8) is 0 Å². The van der Waals surface area contributed by atoms with Crippen LogP contribution >= 0.6 is 0 Å². The van der Waals surface area contributed by atoms with Crippen LogP contribution in [0.15, 0.2) is 87.8 Å². The van der Waals surface area contributed by atoms with Crippen LogP contribution in [0, 0.1) is 35.3 Å². The number of nitrogens with zero attached hydrogens (tertiary/aromatic N) is 11. The Labute approximate surface area is 530 Å². The lowest BCUT2D eigenvalue weighted by molar-refractivity contribution is -0.113. The molecule has 6 aromatic rings. The fourth-order valence-electron chi connectivity index (χ4n) is 11.0. The van der Waals surface area contributed by atoms with Crippen molar-refractivity contribution in [3.8, 4) is 0 Å². The van der Waals surface area contributed by atoms with E-state index in [1.54, 1.807) is 57.2 Å². The van der Waals surface area contributed by atoms with Gasteiger partial charge >= 0.3 is 11.9 Å². The number of hydrogen-bond donors (Lipinski definition) is 3. The smallest absolute Gasteiger partial charge is 0.356 e. The number of aliphatic imine (C=N–C) groups is 3. The number of aliphatic hydroxyl groups is 1. The number of carbonyl (C=O) groups is 6. The van der Waals surface area contributed by atoms with E-state index in [-0.39, 0.29) is 83.1 Å². The molecule has 3 aromatic heterocycles. The van der Waals surface area contributed by atoms with E-state index in [1.165, 1.54) is 50.6 Å². The maximum Gasteiger partial charge on any atom is 0.356 e. The first-order valence-corrected chi connectivity index (χ1v) is 29.7. The summed E-state index contributed by atoms with van der Waals surface area (Å²) in [5.41, 5.74) is 10.9. The number of nitrogens with one attached hydrogen (secondary N) is 1. The number of pyridine rings is 3. The molecule has 28 heteroatoms. The monoisotopic (exact) mass is 1290 g/mol. The molecule has 9 heterocycles. The van der Waals surface area contributed by atoms with Crippen LogP contribution in [-0.2, 0) is 62.8 Å². The van der Waals surface area contributed by atoms with Crippen molar-refractivity contribution in [3.05, 3.63) is 159 Å². The molecule has 6 aliphatic heterocycles. The molecule has 93 heavy (non-hydrogen) atoms. The number of esters is 2. The normalized spacial score (nSPS) is 16.3. The molecular formula is C65H67F6N13O9. The summed E-state index contributed by atoms with van der Waals surface area (Å²) >= 11 is 0. The predicted molar refractivity (Wildman–Crippen MR) is 333 cm³/mol. The first-order valence-electron chi connectivity index (χ1n) is 29.7. The van der Waals surface area contributed by atoms with Crippen molar-refractivity contribution in [1.82, 2.24) is 30.1 Å². The van der Waals surface area contributed by atoms with Gasteiger partial charge in [-0.25, -0.2) is 52.7 Å². The zero-order valence-corrected chi connectivity index (χ0v) is 51.6. The Morgan fingerprint density at radius 2 is 0.796 bits per heavy atom.